The van der Waals surface area contributed by atoms with Gasteiger partial charge in [-0.2, -0.15) is 4.98 Å². The van der Waals surface area contributed by atoms with Gasteiger partial charge in [-0.1, -0.05) is 41.9 Å². The number of hydrazine groups is 1. The third kappa shape index (κ3) is 2.49. The monoisotopic (exact) mass is 286 g/mol. The number of nitrogen functional groups attached to an aromatic ring is 1. The standard InChI is InChI=1S/C14H11ClN4O/c15-12-8-17-14(19-16)18-13(12)20-11-6-5-9-3-1-2-4-10(9)7-11/h1-8H,16H2,(H,17,18,19). The molecule has 100 valence electrons. The summed E-state index contributed by atoms with van der Waals surface area (Å²) in [7, 11) is 0. The van der Waals surface area contributed by atoms with Gasteiger partial charge in [0.05, 0.1) is 6.20 Å². The molecule has 2 aromatic carbocycles. The van der Waals surface area contributed by atoms with Gasteiger partial charge in [0.15, 0.2) is 0 Å². The van der Waals surface area contributed by atoms with E-state index in [4.69, 9.17) is 22.2 Å². The largest absolute Gasteiger partial charge is 0.437 e. The number of aromatic nitrogens is 2. The summed E-state index contributed by atoms with van der Waals surface area (Å²) < 4.78 is 5.68. The minimum Gasteiger partial charge on any atom is -0.437 e. The zero-order chi connectivity index (χ0) is 13.9. The number of fused-ring (bicyclic) bond motifs is 1. The highest BCUT2D eigenvalue weighted by molar-refractivity contribution is 6.31. The molecule has 0 bridgehead atoms. The maximum absolute atomic E-state index is 6.00. The Hall–Kier alpha value is -2.37. The molecule has 3 aromatic rings. The van der Waals surface area contributed by atoms with Crippen molar-refractivity contribution < 1.29 is 4.74 Å². The second-order valence-electron chi connectivity index (χ2n) is 4.10. The van der Waals surface area contributed by atoms with Crippen LogP contribution in [0.15, 0.2) is 48.7 Å². The van der Waals surface area contributed by atoms with Crippen molar-refractivity contribution in [3.05, 3.63) is 53.7 Å². The zero-order valence-corrected chi connectivity index (χ0v) is 11.1. The molecule has 0 spiro atoms. The van der Waals surface area contributed by atoms with Gasteiger partial charge in [0.2, 0.25) is 11.8 Å². The van der Waals surface area contributed by atoms with Gasteiger partial charge < -0.3 is 4.74 Å². The van der Waals surface area contributed by atoms with Gasteiger partial charge >= 0.3 is 0 Å². The van der Waals surface area contributed by atoms with E-state index in [2.05, 4.69) is 15.4 Å². The number of benzene rings is 2. The SMILES string of the molecule is NNc1ncc(Cl)c(Oc2ccc3ccccc3c2)n1. The number of anilines is 1. The van der Waals surface area contributed by atoms with Gasteiger partial charge in [-0.05, 0) is 22.9 Å². The summed E-state index contributed by atoms with van der Waals surface area (Å²) in [5.41, 5.74) is 2.35. The predicted octanol–water partition coefficient (Wildman–Crippen LogP) is 3.36. The molecule has 0 radical (unpaired) electrons. The Morgan fingerprint density at radius 3 is 2.70 bits per heavy atom. The van der Waals surface area contributed by atoms with E-state index in [1.165, 1.54) is 6.20 Å². The molecule has 3 N–H and O–H groups in total. The molecule has 0 aliphatic rings. The molecule has 5 nitrogen and oxygen atoms in total. The van der Waals surface area contributed by atoms with Crippen molar-refractivity contribution in [2.75, 3.05) is 5.43 Å². The lowest BCUT2D eigenvalue weighted by molar-refractivity contribution is 0.463. The predicted molar refractivity (Wildman–Crippen MR) is 78.9 cm³/mol. The first-order valence-electron chi connectivity index (χ1n) is 5.92. The van der Waals surface area contributed by atoms with Crippen LogP contribution in [0.25, 0.3) is 10.8 Å². The topological polar surface area (TPSA) is 73.1 Å². The van der Waals surface area contributed by atoms with Crippen LogP contribution in [0, 0.1) is 0 Å². The average molecular weight is 287 g/mol. The molecule has 0 unspecified atom stereocenters. The van der Waals surface area contributed by atoms with E-state index in [-0.39, 0.29) is 11.8 Å². The van der Waals surface area contributed by atoms with E-state index in [1.54, 1.807) is 0 Å². The zero-order valence-electron chi connectivity index (χ0n) is 10.4. The number of ether oxygens (including phenoxy) is 1. The van der Waals surface area contributed by atoms with Crippen LogP contribution in [-0.2, 0) is 0 Å². The van der Waals surface area contributed by atoms with E-state index < -0.39 is 0 Å². The molecule has 0 aliphatic heterocycles. The van der Waals surface area contributed by atoms with Crippen LogP contribution in [0.1, 0.15) is 0 Å². The average Bonchev–Trinajstić information content (AvgIpc) is 2.49. The lowest BCUT2D eigenvalue weighted by Gasteiger charge is -2.08. The number of hydrogen-bond acceptors (Lipinski definition) is 5. The Morgan fingerprint density at radius 2 is 1.90 bits per heavy atom. The number of hydrogen-bond donors (Lipinski definition) is 2. The number of halogens is 1. The van der Waals surface area contributed by atoms with Crippen molar-refractivity contribution in [2.45, 2.75) is 0 Å². The van der Waals surface area contributed by atoms with Crippen LogP contribution in [0.4, 0.5) is 5.95 Å². The molecule has 1 heterocycles. The van der Waals surface area contributed by atoms with Crippen LogP contribution in [0.2, 0.25) is 5.02 Å². The number of nitrogens with one attached hydrogen (secondary N) is 1. The molecular formula is C14H11ClN4O. The fourth-order valence-electron chi connectivity index (χ4n) is 1.84. The third-order valence-corrected chi connectivity index (χ3v) is 3.04. The molecule has 0 saturated carbocycles. The van der Waals surface area contributed by atoms with E-state index >= 15 is 0 Å². The molecular weight excluding hydrogens is 276 g/mol. The van der Waals surface area contributed by atoms with E-state index in [9.17, 15) is 0 Å². The Labute approximate surface area is 120 Å². The Morgan fingerprint density at radius 1 is 1.10 bits per heavy atom. The molecule has 0 fully saturated rings. The highest BCUT2D eigenvalue weighted by Crippen LogP contribution is 2.29. The first kappa shape index (κ1) is 12.7. The first-order chi connectivity index (χ1) is 9.76. The van der Waals surface area contributed by atoms with Crippen LogP contribution in [0.5, 0.6) is 11.6 Å². The summed E-state index contributed by atoms with van der Waals surface area (Å²) in [6, 6.07) is 13.8. The fourth-order valence-corrected chi connectivity index (χ4v) is 1.96. The second kappa shape index (κ2) is 5.32. The van der Waals surface area contributed by atoms with Gasteiger partial charge in [0.1, 0.15) is 10.8 Å². The van der Waals surface area contributed by atoms with Crippen LogP contribution in [-0.4, -0.2) is 9.97 Å². The highest BCUT2D eigenvalue weighted by atomic mass is 35.5. The summed E-state index contributed by atoms with van der Waals surface area (Å²) in [6.07, 6.45) is 1.43. The molecule has 0 amide bonds. The molecule has 3 rings (SSSR count). The summed E-state index contributed by atoms with van der Waals surface area (Å²) in [5, 5.41) is 2.53. The van der Waals surface area contributed by atoms with Crippen molar-refractivity contribution >= 4 is 28.3 Å². The number of nitrogens with two attached hydrogens (primary N) is 1. The summed E-state index contributed by atoms with van der Waals surface area (Å²) in [6.45, 7) is 0. The lowest BCUT2D eigenvalue weighted by atomic mass is 10.1. The Bertz CT molecular complexity index is 763. The maximum atomic E-state index is 6.00. The Kier molecular flexibility index (Phi) is 3.37. The van der Waals surface area contributed by atoms with E-state index in [0.29, 0.717) is 10.8 Å². The highest BCUT2D eigenvalue weighted by Gasteiger charge is 2.08. The van der Waals surface area contributed by atoms with Crippen molar-refractivity contribution in [2.24, 2.45) is 5.84 Å². The molecule has 1 aromatic heterocycles. The fraction of sp³-hybridized carbons (Fsp3) is 0. The summed E-state index contributed by atoms with van der Waals surface area (Å²) >= 11 is 6.00. The normalized spacial score (nSPS) is 10.5. The summed E-state index contributed by atoms with van der Waals surface area (Å²) in [5.74, 6) is 6.40. The van der Waals surface area contributed by atoms with Crippen molar-refractivity contribution in [1.82, 2.24) is 9.97 Å². The number of nitrogens with zero attached hydrogens (tertiary/aromatic N) is 2. The van der Waals surface area contributed by atoms with Gasteiger partial charge in [0.25, 0.3) is 0 Å². The van der Waals surface area contributed by atoms with E-state index in [0.717, 1.165) is 10.8 Å². The van der Waals surface area contributed by atoms with Crippen LogP contribution in [0.3, 0.4) is 0 Å². The van der Waals surface area contributed by atoms with Crippen LogP contribution >= 0.6 is 11.6 Å². The summed E-state index contributed by atoms with van der Waals surface area (Å²) in [4.78, 5) is 7.95. The maximum Gasteiger partial charge on any atom is 0.243 e. The van der Waals surface area contributed by atoms with Crippen molar-refractivity contribution in [1.29, 1.82) is 0 Å². The van der Waals surface area contributed by atoms with E-state index in [1.807, 2.05) is 42.5 Å². The smallest absolute Gasteiger partial charge is 0.243 e. The van der Waals surface area contributed by atoms with Crippen LogP contribution < -0.4 is 16.0 Å². The van der Waals surface area contributed by atoms with Gasteiger partial charge in [-0.3, -0.25) is 5.43 Å². The van der Waals surface area contributed by atoms with Crippen molar-refractivity contribution in [3.8, 4) is 11.6 Å². The molecule has 0 saturated heterocycles. The van der Waals surface area contributed by atoms with Gasteiger partial charge in [-0.25, -0.2) is 10.8 Å². The number of rotatable bonds is 3. The molecule has 0 atom stereocenters. The second-order valence-corrected chi connectivity index (χ2v) is 4.51. The molecule has 20 heavy (non-hydrogen) atoms. The molecule has 0 aliphatic carbocycles. The van der Waals surface area contributed by atoms with Gasteiger partial charge in [-0.15, -0.1) is 0 Å². The quantitative estimate of drug-likeness (QED) is 0.570. The lowest BCUT2D eigenvalue weighted by Crippen LogP contribution is -2.10. The Balaban J connectivity index is 1.96. The minimum atomic E-state index is 0.241. The first-order valence-corrected chi connectivity index (χ1v) is 6.30. The minimum absolute atomic E-state index is 0.241. The van der Waals surface area contributed by atoms with Crippen molar-refractivity contribution in [3.63, 3.8) is 0 Å². The molecule has 6 heteroatoms. The van der Waals surface area contributed by atoms with Gasteiger partial charge in [0, 0.05) is 0 Å². The third-order valence-electron chi connectivity index (χ3n) is 2.78.